The molecule has 2 aromatic carbocycles. The first-order valence-electron chi connectivity index (χ1n) is 13.9. The van der Waals surface area contributed by atoms with E-state index >= 15 is 0 Å². The summed E-state index contributed by atoms with van der Waals surface area (Å²) in [6.45, 7) is 25.1. The second-order valence-electron chi connectivity index (χ2n) is 13.7. The zero-order chi connectivity index (χ0) is 25.7. The summed E-state index contributed by atoms with van der Waals surface area (Å²) in [6, 6.07) is 9.31. The van der Waals surface area contributed by atoms with E-state index in [0.29, 0.717) is 11.8 Å². The van der Waals surface area contributed by atoms with Gasteiger partial charge in [-0.25, -0.2) is 0 Å². The smallest absolute Gasteiger partial charge is 0.0450 e. The number of hydrogen-bond acceptors (Lipinski definition) is 0. The number of fused-ring (bicyclic) bond motifs is 2. The van der Waals surface area contributed by atoms with Crippen LogP contribution in [0.1, 0.15) is 75.6 Å². The van der Waals surface area contributed by atoms with Crippen LogP contribution in [0.25, 0.3) is 12.2 Å². The Morgan fingerprint density at radius 2 is 1.14 bits per heavy atom. The van der Waals surface area contributed by atoms with Crippen molar-refractivity contribution in [2.75, 3.05) is 0 Å². The Balaban J connectivity index is 0.00000361. The van der Waals surface area contributed by atoms with Gasteiger partial charge in [0, 0.05) is 60.7 Å². The van der Waals surface area contributed by atoms with Crippen LogP contribution in [0.2, 0.25) is 44.4 Å². The first-order chi connectivity index (χ1) is 16.3. The SMILES string of the molecule is Cc1ccc(C)c2c1C=CC2CCCC(C1C=Cc2c(C)ccc(C)c21)C([Si](C)(C)C)[Si](C)(C)C.[Y]. The van der Waals surface area contributed by atoms with Crippen molar-refractivity contribution in [2.45, 2.75) is 103 Å². The Bertz CT molecular complexity index is 1150. The molecule has 0 spiro atoms. The Kier molecular flexibility index (Phi) is 9.41. The van der Waals surface area contributed by atoms with E-state index < -0.39 is 16.1 Å². The number of benzene rings is 2. The third-order valence-corrected chi connectivity index (χ3v) is 18.7. The average molecular weight is 590 g/mol. The van der Waals surface area contributed by atoms with Gasteiger partial charge >= 0.3 is 0 Å². The van der Waals surface area contributed by atoms with Crippen LogP contribution >= 0.6 is 0 Å². The van der Waals surface area contributed by atoms with Crippen molar-refractivity contribution in [2.24, 2.45) is 5.92 Å². The quantitative estimate of drug-likeness (QED) is 0.269. The maximum atomic E-state index is 2.65. The summed E-state index contributed by atoms with van der Waals surface area (Å²) in [6.07, 6.45) is 13.9. The van der Waals surface area contributed by atoms with E-state index in [-0.39, 0.29) is 32.7 Å². The minimum absolute atomic E-state index is 0. The van der Waals surface area contributed by atoms with Gasteiger partial charge in [0.25, 0.3) is 0 Å². The van der Waals surface area contributed by atoms with Crippen molar-refractivity contribution in [1.29, 1.82) is 0 Å². The zero-order valence-electron chi connectivity index (χ0n) is 24.6. The van der Waals surface area contributed by atoms with Gasteiger partial charge < -0.3 is 0 Å². The van der Waals surface area contributed by atoms with Gasteiger partial charge in [-0.15, -0.1) is 0 Å². The fraction of sp³-hybridized carbons (Fsp3) is 0.515. The molecule has 1 radical (unpaired) electrons. The van der Waals surface area contributed by atoms with Crippen LogP contribution in [0.4, 0.5) is 0 Å². The Hall–Kier alpha value is -0.542. The number of rotatable bonds is 8. The molecule has 0 aliphatic heterocycles. The van der Waals surface area contributed by atoms with E-state index in [1.807, 2.05) is 0 Å². The van der Waals surface area contributed by atoms with Gasteiger partial charge in [-0.05, 0) is 96.1 Å². The molecule has 0 fully saturated rings. The van der Waals surface area contributed by atoms with Crippen LogP contribution in [-0.2, 0) is 32.7 Å². The maximum absolute atomic E-state index is 2.65. The fourth-order valence-electron chi connectivity index (χ4n) is 8.00. The number of hydrogen-bond donors (Lipinski definition) is 0. The molecule has 0 bridgehead atoms. The van der Waals surface area contributed by atoms with Gasteiger partial charge in [0.15, 0.2) is 0 Å². The molecule has 0 aromatic heterocycles. The van der Waals surface area contributed by atoms with Crippen LogP contribution in [0.15, 0.2) is 36.4 Å². The molecule has 0 nitrogen and oxygen atoms in total. The van der Waals surface area contributed by atoms with Crippen molar-refractivity contribution in [1.82, 2.24) is 0 Å². The van der Waals surface area contributed by atoms with Crippen LogP contribution < -0.4 is 0 Å². The van der Waals surface area contributed by atoms with Crippen molar-refractivity contribution in [3.63, 3.8) is 0 Å². The summed E-state index contributed by atoms with van der Waals surface area (Å²) in [5.74, 6) is 1.94. The summed E-state index contributed by atoms with van der Waals surface area (Å²) in [7, 11) is -2.69. The molecule has 2 aromatic rings. The zero-order valence-corrected chi connectivity index (χ0v) is 29.5. The van der Waals surface area contributed by atoms with E-state index in [4.69, 9.17) is 0 Å². The second kappa shape index (κ2) is 11.3. The molecular weight excluding hydrogens is 541 g/mol. The van der Waals surface area contributed by atoms with Crippen molar-refractivity contribution in [3.05, 3.63) is 80.9 Å². The summed E-state index contributed by atoms with van der Waals surface area (Å²) >= 11 is 0. The molecule has 36 heavy (non-hydrogen) atoms. The molecule has 191 valence electrons. The molecule has 3 unspecified atom stereocenters. The first kappa shape index (κ1) is 30.0. The van der Waals surface area contributed by atoms with Gasteiger partial charge in [0.2, 0.25) is 0 Å². The topological polar surface area (TPSA) is 0 Å². The Morgan fingerprint density at radius 1 is 0.667 bits per heavy atom. The monoisotopic (exact) mass is 589 g/mol. The average Bonchev–Trinajstić information content (AvgIpc) is 3.37. The Morgan fingerprint density at radius 3 is 1.69 bits per heavy atom. The van der Waals surface area contributed by atoms with E-state index in [1.54, 1.807) is 11.1 Å². The minimum Gasteiger partial charge on any atom is -0.0764 e. The van der Waals surface area contributed by atoms with E-state index in [1.165, 1.54) is 52.6 Å². The number of allylic oxidation sites excluding steroid dienone is 2. The van der Waals surface area contributed by atoms with Crippen LogP contribution in [0, 0.1) is 33.6 Å². The summed E-state index contributed by atoms with van der Waals surface area (Å²) in [5.41, 5.74) is 12.1. The third-order valence-electron chi connectivity index (χ3n) is 8.92. The van der Waals surface area contributed by atoms with Gasteiger partial charge in [0.05, 0.1) is 0 Å². The van der Waals surface area contributed by atoms with Gasteiger partial charge in [-0.1, -0.05) is 94.3 Å². The van der Waals surface area contributed by atoms with Crippen molar-refractivity contribution >= 4 is 28.3 Å². The molecule has 0 saturated heterocycles. The van der Waals surface area contributed by atoms with Gasteiger partial charge in [0.1, 0.15) is 0 Å². The first-order valence-corrected chi connectivity index (χ1v) is 21.0. The molecule has 3 heteroatoms. The normalized spacial score (nSPS) is 19.4. The third kappa shape index (κ3) is 5.87. The molecule has 0 saturated carbocycles. The standard InChI is InChI=1S/C33H48Si2.Y/c1-22-14-16-24(3)31-26(18-19-27(22)31)12-11-13-30(33(34(5,6)7)35(8,9)10)29-21-20-28-23(2)15-17-25(4)32(28)29;/h14-21,26,29-30,33H,11-13H2,1-10H3;. The fourth-order valence-corrected chi connectivity index (χ4v) is 21.7. The second-order valence-corrected chi connectivity index (χ2v) is 25.0. The van der Waals surface area contributed by atoms with E-state index in [0.717, 1.165) is 11.1 Å². The molecule has 0 heterocycles. The molecule has 2 aliphatic carbocycles. The van der Waals surface area contributed by atoms with E-state index in [2.05, 4.69) is 116 Å². The molecule has 2 aliphatic rings. The molecule has 0 amide bonds. The van der Waals surface area contributed by atoms with Crippen LogP contribution in [0.3, 0.4) is 0 Å². The predicted octanol–water partition coefficient (Wildman–Crippen LogP) is 10.2. The predicted molar refractivity (Wildman–Crippen MR) is 163 cm³/mol. The molecule has 4 rings (SSSR count). The van der Waals surface area contributed by atoms with Gasteiger partial charge in [-0.2, -0.15) is 0 Å². The van der Waals surface area contributed by atoms with Crippen LogP contribution in [0.5, 0.6) is 0 Å². The largest absolute Gasteiger partial charge is 0.0764 e. The summed E-state index contributed by atoms with van der Waals surface area (Å²) in [4.78, 5) is 0. The Labute approximate surface area is 249 Å². The van der Waals surface area contributed by atoms with Crippen molar-refractivity contribution in [3.8, 4) is 0 Å². The van der Waals surface area contributed by atoms with Crippen LogP contribution in [-0.4, -0.2) is 16.1 Å². The number of aryl methyl sites for hydroxylation is 4. The molecular formula is C33H48Si2Y. The van der Waals surface area contributed by atoms with E-state index in [9.17, 15) is 0 Å². The maximum Gasteiger partial charge on any atom is 0.0450 e. The molecule has 0 N–H and O–H groups in total. The summed E-state index contributed by atoms with van der Waals surface area (Å²) in [5, 5.41) is 0.908. The molecule has 3 atom stereocenters. The minimum atomic E-state index is -1.35. The van der Waals surface area contributed by atoms with Gasteiger partial charge in [-0.3, -0.25) is 0 Å². The van der Waals surface area contributed by atoms with Crippen molar-refractivity contribution < 1.29 is 32.7 Å². The summed E-state index contributed by atoms with van der Waals surface area (Å²) < 4.78 is 0.